The maximum atomic E-state index is 8.40. The Morgan fingerprint density at radius 1 is 1.50 bits per heavy atom. The second kappa shape index (κ2) is 6.52. The summed E-state index contributed by atoms with van der Waals surface area (Å²) in [6, 6.07) is 7.65. The fourth-order valence-corrected chi connectivity index (χ4v) is 1.39. The van der Waals surface area contributed by atoms with Crippen LogP contribution in [-0.2, 0) is 6.42 Å². The molecule has 0 radical (unpaired) electrons. The summed E-state index contributed by atoms with van der Waals surface area (Å²) in [7, 11) is 0. The lowest BCUT2D eigenvalue weighted by atomic mass is 10.1. The van der Waals surface area contributed by atoms with Crippen LogP contribution in [0.15, 0.2) is 30.9 Å². The van der Waals surface area contributed by atoms with E-state index in [1.165, 1.54) is 0 Å². The number of nitriles is 1. The molecular formula is C13H16N2O. The van der Waals surface area contributed by atoms with Crippen molar-refractivity contribution in [2.75, 3.05) is 12.3 Å². The molecule has 0 atom stereocenters. The fraction of sp³-hybridized carbons (Fsp3) is 0.308. The Morgan fingerprint density at radius 3 is 3.00 bits per heavy atom. The molecule has 16 heavy (non-hydrogen) atoms. The third-order valence-corrected chi connectivity index (χ3v) is 2.14. The van der Waals surface area contributed by atoms with Gasteiger partial charge in [-0.25, -0.2) is 0 Å². The Bertz CT molecular complexity index is 393. The van der Waals surface area contributed by atoms with E-state index in [0.717, 1.165) is 29.8 Å². The van der Waals surface area contributed by atoms with Gasteiger partial charge in [-0.05, 0) is 36.6 Å². The van der Waals surface area contributed by atoms with Gasteiger partial charge in [0.05, 0.1) is 12.7 Å². The van der Waals surface area contributed by atoms with E-state index in [-0.39, 0.29) is 0 Å². The molecule has 0 spiro atoms. The molecule has 0 unspecified atom stereocenters. The molecule has 0 bridgehead atoms. The molecule has 0 saturated carbocycles. The number of nitrogens with zero attached hydrogens (tertiary/aromatic N) is 1. The van der Waals surface area contributed by atoms with Crippen LogP contribution in [0.1, 0.15) is 18.4 Å². The van der Waals surface area contributed by atoms with E-state index in [4.69, 9.17) is 15.7 Å². The lowest BCUT2D eigenvalue weighted by molar-refractivity contribution is 0.310. The largest absolute Gasteiger partial charge is 0.493 e. The van der Waals surface area contributed by atoms with Crippen molar-refractivity contribution in [2.24, 2.45) is 0 Å². The zero-order valence-corrected chi connectivity index (χ0v) is 9.28. The first-order chi connectivity index (χ1) is 7.77. The summed E-state index contributed by atoms with van der Waals surface area (Å²) >= 11 is 0. The predicted octanol–water partition coefficient (Wildman–Crippen LogP) is 2.68. The van der Waals surface area contributed by atoms with Gasteiger partial charge in [0.25, 0.3) is 0 Å². The standard InChI is InChI=1S/C13H16N2O/c1-2-5-11-10-12(15)6-7-13(11)16-9-4-3-8-14/h2,6-7,10H,1,3-5,9,15H2. The van der Waals surface area contributed by atoms with Crippen molar-refractivity contribution in [1.82, 2.24) is 0 Å². The maximum absolute atomic E-state index is 8.40. The molecule has 3 nitrogen and oxygen atoms in total. The van der Waals surface area contributed by atoms with Gasteiger partial charge in [-0.3, -0.25) is 0 Å². The average Bonchev–Trinajstić information content (AvgIpc) is 2.27. The Kier molecular flexibility index (Phi) is 4.94. The molecule has 0 aliphatic carbocycles. The Labute approximate surface area is 96.1 Å². The molecule has 0 saturated heterocycles. The van der Waals surface area contributed by atoms with Crippen molar-refractivity contribution in [1.29, 1.82) is 5.26 Å². The van der Waals surface area contributed by atoms with Gasteiger partial charge in [-0.15, -0.1) is 6.58 Å². The van der Waals surface area contributed by atoms with Crippen LogP contribution >= 0.6 is 0 Å². The number of nitrogen functional groups attached to an aromatic ring is 1. The zero-order valence-electron chi connectivity index (χ0n) is 9.28. The zero-order chi connectivity index (χ0) is 11.8. The highest BCUT2D eigenvalue weighted by Gasteiger charge is 2.02. The van der Waals surface area contributed by atoms with Gasteiger partial charge in [0, 0.05) is 12.1 Å². The molecule has 84 valence electrons. The second-order valence-corrected chi connectivity index (χ2v) is 3.47. The molecule has 1 aromatic rings. The number of rotatable bonds is 6. The molecule has 0 aromatic heterocycles. The van der Waals surface area contributed by atoms with Crippen LogP contribution in [0.25, 0.3) is 0 Å². The van der Waals surface area contributed by atoms with Crippen molar-refractivity contribution < 1.29 is 4.74 Å². The van der Waals surface area contributed by atoms with E-state index >= 15 is 0 Å². The van der Waals surface area contributed by atoms with Crippen LogP contribution in [0.5, 0.6) is 5.75 Å². The number of nitrogens with two attached hydrogens (primary N) is 1. The van der Waals surface area contributed by atoms with Gasteiger partial charge >= 0.3 is 0 Å². The molecule has 0 aliphatic rings. The van der Waals surface area contributed by atoms with Crippen LogP contribution in [0.4, 0.5) is 5.69 Å². The Morgan fingerprint density at radius 2 is 2.31 bits per heavy atom. The number of hydrogen-bond acceptors (Lipinski definition) is 3. The van der Waals surface area contributed by atoms with Crippen LogP contribution in [0, 0.1) is 11.3 Å². The third kappa shape index (κ3) is 3.66. The Hall–Kier alpha value is -1.95. The van der Waals surface area contributed by atoms with Crippen LogP contribution in [0.2, 0.25) is 0 Å². The smallest absolute Gasteiger partial charge is 0.122 e. The fourth-order valence-electron chi connectivity index (χ4n) is 1.39. The van der Waals surface area contributed by atoms with Crippen molar-refractivity contribution in [2.45, 2.75) is 19.3 Å². The van der Waals surface area contributed by atoms with Gasteiger partial charge in [0.15, 0.2) is 0 Å². The van der Waals surface area contributed by atoms with E-state index < -0.39 is 0 Å². The summed E-state index contributed by atoms with van der Waals surface area (Å²) in [5.41, 5.74) is 7.46. The lowest BCUT2D eigenvalue weighted by Gasteiger charge is -2.10. The normalized spacial score (nSPS) is 9.44. The maximum Gasteiger partial charge on any atom is 0.122 e. The molecule has 0 aliphatic heterocycles. The number of ether oxygens (including phenoxy) is 1. The first kappa shape index (κ1) is 12.1. The van der Waals surface area contributed by atoms with Gasteiger partial charge < -0.3 is 10.5 Å². The van der Waals surface area contributed by atoms with Crippen LogP contribution < -0.4 is 10.5 Å². The highest BCUT2D eigenvalue weighted by molar-refractivity contribution is 5.48. The van der Waals surface area contributed by atoms with Crippen LogP contribution in [-0.4, -0.2) is 6.61 Å². The molecular weight excluding hydrogens is 200 g/mol. The second-order valence-electron chi connectivity index (χ2n) is 3.47. The summed E-state index contributed by atoms with van der Waals surface area (Å²) in [4.78, 5) is 0. The van der Waals surface area contributed by atoms with Gasteiger partial charge in [-0.1, -0.05) is 6.08 Å². The molecule has 1 aromatic carbocycles. The van der Waals surface area contributed by atoms with Crippen molar-refractivity contribution in [3.05, 3.63) is 36.4 Å². The number of unbranched alkanes of at least 4 members (excludes halogenated alkanes) is 1. The molecule has 0 amide bonds. The monoisotopic (exact) mass is 216 g/mol. The molecule has 3 heteroatoms. The summed E-state index contributed by atoms with van der Waals surface area (Å²) < 4.78 is 5.59. The number of hydrogen-bond donors (Lipinski definition) is 1. The van der Waals surface area contributed by atoms with Gasteiger partial charge in [0.2, 0.25) is 0 Å². The summed E-state index contributed by atoms with van der Waals surface area (Å²) in [5, 5.41) is 8.40. The molecule has 2 N–H and O–H groups in total. The summed E-state index contributed by atoms with van der Waals surface area (Å²) in [5.74, 6) is 0.826. The van der Waals surface area contributed by atoms with E-state index in [9.17, 15) is 0 Å². The highest BCUT2D eigenvalue weighted by Crippen LogP contribution is 2.22. The van der Waals surface area contributed by atoms with E-state index in [0.29, 0.717) is 13.0 Å². The number of allylic oxidation sites excluding steroid dienone is 1. The summed E-state index contributed by atoms with van der Waals surface area (Å²) in [6.45, 7) is 4.25. The highest BCUT2D eigenvalue weighted by atomic mass is 16.5. The third-order valence-electron chi connectivity index (χ3n) is 2.14. The van der Waals surface area contributed by atoms with Crippen LogP contribution in [0.3, 0.4) is 0 Å². The minimum Gasteiger partial charge on any atom is -0.493 e. The minimum absolute atomic E-state index is 0.520. The quantitative estimate of drug-likeness (QED) is 0.452. The minimum atomic E-state index is 0.520. The topological polar surface area (TPSA) is 59.0 Å². The number of anilines is 1. The lowest BCUT2D eigenvalue weighted by Crippen LogP contribution is -2.00. The van der Waals surface area contributed by atoms with E-state index in [1.54, 1.807) is 0 Å². The van der Waals surface area contributed by atoms with Crippen molar-refractivity contribution >= 4 is 5.69 Å². The SMILES string of the molecule is C=CCc1cc(N)ccc1OCCCC#N. The van der Waals surface area contributed by atoms with Gasteiger partial charge in [0.1, 0.15) is 5.75 Å². The van der Waals surface area contributed by atoms with E-state index in [1.807, 2.05) is 24.3 Å². The average molecular weight is 216 g/mol. The first-order valence-electron chi connectivity index (χ1n) is 5.27. The van der Waals surface area contributed by atoms with Gasteiger partial charge in [-0.2, -0.15) is 5.26 Å². The van der Waals surface area contributed by atoms with E-state index in [2.05, 4.69) is 12.6 Å². The molecule has 0 heterocycles. The van der Waals surface area contributed by atoms with Crippen molar-refractivity contribution in [3.63, 3.8) is 0 Å². The summed E-state index contributed by atoms with van der Waals surface area (Å²) in [6.07, 6.45) is 3.82. The first-order valence-corrected chi connectivity index (χ1v) is 5.27. The Balaban J connectivity index is 2.63. The molecule has 1 rings (SSSR count). The predicted molar refractivity (Wildman–Crippen MR) is 65.1 cm³/mol. The number of benzene rings is 1. The molecule has 0 fully saturated rings. The van der Waals surface area contributed by atoms with Crippen molar-refractivity contribution in [3.8, 4) is 11.8 Å².